The Bertz CT molecular complexity index is 650. The number of rotatable bonds is 2. The number of carbonyl (C=O) groups is 1. The molecule has 0 radical (unpaired) electrons. The standard InChI is InChI=1S/C22H32O3/c1-20-7-6-18-17-5-4-16(23)8-13(17)10-21(2,24)19(18)22(20)11-14(22)9-15(20)12-25-3/h8,14-15,17-19,24H,4-7,9-12H2,1-3H3/t14-,15+,17-,18+,19-,20+,21+,22+/m0/s1. The number of fused-ring (bicyclic) bond motifs is 3. The minimum absolute atomic E-state index is 0.268. The van der Waals surface area contributed by atoms with E-state index in [1.165, 1.54) is 31.3 Å². The Hall–Kier alpha value is -0.670. The maximum absolute atomic E-state index is 11.9. The molecule has 4 fully saturated rings. The molecule has 0 aromatic rings. The second-order valence-corrected chi connectivity index (χ2v) is 10.3. The van der Waals surface area contributed by atoms with Crippen molar-refractivity contribution in [3.63, 3.8) is 0 Å². The quantitative estimate of drug-likeness (QED) is 0.830. The summed E-state index contributed by atoms with van der Waals surface area (Å²) in [6.07, 6.45) is 9.40. The van der Waals surface area contributed by atoms with Crippen LogP contribution < -0.4 is 0 Å². The second kappa shape index (κ2) is 4.98. The molecule has 5 aliphatic carbocycles. The lowest BCUT2D eigenvalue weighted by Crippen LogP contribution is -2.59. The molecule has 0 bridgehead atoms. The first-order valence-electron chi connectivity index (χ1n) is 10.3. The van der Waals surface area contributed by atoms with E-state index in [1.54, 1.807) is 0 Å². The summed E-state index contributed by atoms with van der Waals surface area (Å²) in [5.41, 5.74) is 1.24. The number of ketones is 1. The molecule has 0 saturated heterocycles. The fourth-order valence-corrected chi connectivity index (χ4v) is 8.48. The van der Waals surface area contributed by atoms with E-state index in [4.69, 9.17) is 4.74 Å². The summed E-state index contributed by atoms with van der Waals surface area (Å²) in [7, 11) is 1.83. The van der Waals surface area contributed by atoms with Crippen LogP contribution in [-0.2, 0) is 9.53 Å². The Kier molecular flexibility index (Phi) is 3.29. The molecule has 5 aliphatic rings. The van der Waals surface area contributed by atoms with E-state index < -0.39 is 5.60 Å². The van der Waals surface area contributed by atoms with Gasteiger partial charge in [-0.15, -0.1) is 0 Å². The highest BCUT2D eigenvalue weighted by Gasteiger charge is 2.79. The molecular weight excluding hydrogens is 312 g/mol. The van der Waals surface area contributed by atoms with Crippen LogP contribution in [0.5, 0.6) is 0 Å². The summed E-state index contributed by atoms with van der Waals surface area (Å²) in [6, 6.07) is 0. The third-order valence-corrected chi connectivity index (χ3v) is 9.31. The molecule has 1 N–H and O–H groups in total. The highest BCUT2D eigenvalue weighted by molar-refractivity contribution is 5.91. The molecule has 8 atom stereocenters. The number of methoxy groups -OCH3 is 1. The van der Waals surface area contributed by atoms with Crippen molar-refractivity contribution in [3.8, 4) is 0 Å². The third-order valence-electron chi connectivity index (χ3n) is 9.31. The molecule has 25 heavy (non-hydrogen) atoms. The van der Waals surface area contributed by atoms with Crippen LogP contribution in [0, 0.1) is 40.4 Å². The summed E-state index contributed by atoms with van der Waals surface area (Å²) in [5, 5.41) is 11.6. The Morgan fingerprint density at radius 1 is 1.32 bits per heavy atom. The zero-order valence-corrected chi connectivity index (χ0v) is 15.9. The van der Waals surface area contributed by atoms with Gasteiger partial charge in [0.2, 0.25) is 0 Å². The van der Waals surface area contributed by atoms with Gasteiger partial charge in [-0.2, -0.15) is 0 Å². The van der Waals surface area contributed by atoms with Crippen LogP contribution >= 0.6 is 0 Å². The first-order chi connectivity index (χ1) is 11.8. The number of ether oxygens (including phenoxy) is 1. The van der Waals surface area contributed by atoms with E-state index in [2.05, 4.69) is 13.8 Å². The van der Waals surface area contributed by atoms with Crippen molar-refractivity contribution in [2.24, 2.45) is 40.4 Å². The van der Waals surface area contributed by atoms with Crippen LogP contribution in [0.15, 0.2) is 11.6 Å². The van der Waals surface area contributed by atoms with Crippen molar-refractivity contribution in [3.05, 3.63) is 11.6 Å². The zero-order valence-electron chi connectivity index (χ0n) is 15.9. The molecule has 0 aliphatic heterocycles. The van der Waals surface area contributed by atoms with Gasteiger partial charge < -0.3 is 9.84 Å². The van der Waals surface area contributed by atoms with E-state index in [-0.39, 0.29) is 5.78 Å². The van der Waals surface area contributed by atoms with Crippen molar-refractivity contribution in [2.45, 2.75) is 64.4 Å². The van der Waals surface area contributed by atoms with Crippen molar-refractivity contribution in [1.82, 2.24) is 0 Å². The monoisotopic (exact) mass is 344 g/mol. The molecule has 5 rings (SSSR count). The summed E-state index contributed by atoms with van der Waals surface area (Å²) in [4.78, 5) is 11.9. The average molecular weight is 344 g/mol. The van der Waals surface area contributed by atoms with Gasteiger partial charge in [0.15, 0.2) is 5.78 Å². The first-order valence-corrected chi connectivity index (χ1v) is 10.3. The lowest BCUT2D eigenvalue weighted by Gasteiger charge is -2.60. The predicted molar refractivity (Wildman–Crippen MR) is 95.9 cm³/mol. The molecular formula is C22H32O3. The van der Waals surface area contributed by atoms with Gasteiger partial charge in [-0.25, -0.2) is 0 Å². The van der Waals surface area contributed by atoms with Crippen molar-refractivity contribution < 1.29 is 14.6 Å². The van der Waals surface area contributed by atoms with Crippen molar-refractivity contribution in [1.29, 1.82) is 0 Å². The Morgan fingerprint density at radius 3 is 2.88 bits per heavy atom. The van der Waals surface area contributed by atoms with Gasteiger partial charge in [0.25, 0.3) is 0 Å². The van der Waals surface area contributed by atoms with E-state index in [0.717, 1.165) is 18.9 Å². The molecule has 3 nitrogen and oxygen atoms in total. The Morgan fingerprint density at radius 2 is 2.12 bits per heavy atom. The van der Waals surface area contributed by atoms with Crippen LogP contribution in [0.25, 0.3) is 0 Å². The number of aliphatic hydroxyl groups is 1. The van der Waals surface area contributed by atoms with Crippen LogP contribution in [0.4, 0.5) is 0 Å². The number of hydrogen-bond donors (Lipinski definition) is 1. The summed E-state index contributed by atoms with van der Waals surface area (Å²) < 4.78 is 5.58. The van der Waals surface area contributed by atoms with Gasteiger partial charge in [-0.3, -0.25) is 4.79 Å². The van der Waals surface area contributed by atoms with E-state index in [0.29, 0.717) is 47.3 Å². The Labute approximate surface area is 151 Å². The smallest absolute Gasteiger partial charge is 0.155 e. The maximum atomic E-state index is 11.9. The van der Waals surface area contributed by atoms with Crippen molar-refractivity contribution >= 4 is 5.78 Å². The van der Waals surface area contributed by atoms with Crippen LogP contribution in [0.1, 0.15) is 58.8 Å². The van der Waals surface area contributed by atoms with Crippen LogP contribution in [0.3, 0.4) is 0 Å². The van der Waals surface area contributed by atoms with E-state index >= 15 is 0 Å². The van der Waals surface area contributed by atoms with Gasteiger partial charge in [0, 0.05) is 20.1 Å². The lowest BCUT2D eigenvalue weighted by molar-refractivity contribution is -0.160. The normalized spacial score (nSPS) is 56.4. The molecule has 0 aromatic heterocycles. The fraction of sp³-hybridized carbons (Fsp3) is 0.864. The van der Waals surface area contributed by atoms with E-state index in [9.17, 15) is 9.90 Å². The number of carbonyl (C=O) groups excluding carboxylic acids is 1. The lowest BCUT2D eigenvalue weighted by atomic mass is 9.45. The maximum Gasteiger partial charge on any atom is 0.155 e. The van der Waals surface area contributed by atoms with E-state index in [1.807, 2.05) is 13.2 Å². The minimum Gasteiger partial charge on any atom is -0.390 e. The molecule has 0 aromatic carbocycles. The fourth-order valence-electron chi connectivity index (χ4n) is 8.48. The minimum atomic E-state index is -0.664. The molecule has 0 unspecified atom stereocenters. The molecule has 4 saturated carbocycles. The highest BCUT2D eigenvalue weighted by Crippen LogP contribution is 2.84. The Balaban J connectivity index is 1.56. The second-order valence-electron chi connectivity index (χ2n) is 10.3. The predicted octanol–water partition coefficient (Wildman–Crippen LogP) is 3.75. The number of hydrogen-bond acceptors (Lipinski definition) is 3. The molecule has 0 amide bonds. The van der Waals surface area contributed by atoms with Gasteiger partial charge in [-0.05, 0) is 91.9 Å². The van der Waals surface area contributed by atoms with Gasteiger partial charge >= 0.3 is 0 Å². The average Bonchev–Trinajstić information content (AvgIpc) is 3.18. The highest BCUT2D eigenvalue weighted by atomic mass is 16.5. The van der Waals surface area contributed by atoms with Crippen molar-refractivity contribution in [2.75, 3.05) is 13.7 Å². The third kappa shape index (κ3) is 1.92. The topological polar surface area (TPSA) is 46.5 Å². The van der Waals surface area contributed by atoms with Crippen LogP contribution in [0.2, 0.25) is 0 Å². The van der Waals surface area contributed by atoms with Gasteiger partial charge in [0.05, 0.1) is 5.60 Å². The van der Waals surface area contributed by atoms with Gasteiger partial charge in [0.1, 0.15) is 0 Å². The molecule has 0 heterocycles. The molecule has 138 valence electrons. The van der Waals surface area contributed by atoms with Gasteiger partial charge in [-0.1, -0.05) is 12.5 Å². The zero-order chi connectivity index (χ0) is 17.6. The largest absolute Gasteiger partial charge is 0.390 e. The summed E-state index contributed by atoms with van der Waals surface area (Å²) in [5.74, 6) is 3.23. The first kappa shape index (κ1) is 16.5. The molecule has 3 heteroatoms. The van der Waals surface area contributed by atoms with Crippen LogP contribution in [-0.4, -0.2) is 30.2 Å². The molecule has 1 spiro atoms. The SMILES string of the molecule is COC[C@H]1C[C@H]2C[C@]23[C@H]2[C@H](CC[C@]13C)[C@H]1CCC(=O)C=C1C[C@@]2(C)O. The summed E-state index contributed by atoms with van der Waals surface area (Å²) >= 11 is 0. The summed E-state index contributed by atoms with van der Waals surface area (Å²) in [6.45, 7) is 5.45.